The molecule has 1 fully saturated rings. The maximum absolute atomic E-state index is 13.1. The minimum atomic E-state index is -1.36. The standard InChI is InChI=1S/C26H29NO11/c1-12-6-7-19-18(10-12)17-8-9-33-26(32)21(17)27(19)25-24(37-16(5)31)23(36-15(4)30)22(35-14(3)29)20(38-25)11-34-13(2)28/h6-7,10,20,22-25H,8-9,11H2,1-5H3/t20-,22-,23+,24-,25-/m1/s1. The largest absolute Gasteiger partial charge is 0.463 e. The van der Waals surface area contributed by atoms with Gasteiger partial charge in [0.15, 0.2) is 24.5 Å². The van der Waals surface area contributed by atoms with Crippen LogP contribution in [0.5, 0.6) is 0 Å². The Morgan fingerprint density at radius 1 is 0.921 bits per heavy atom. The van der Waals surface area contributed by atoms with Gasteiger partial charge in [-0.05, 0) is 24.6 Å². The van der Waals surface area contributed by atoms with Gasteiger partial charge < -0.3 is 33.0 Å². The van der Waals surface area contributed by atoms with Crippen LogP contribution in [-0.2, 0) is 54.0 Å². The number of nitrogens with zero attached hydrogens (tertiary/aromatic N) is 1. The zero-order valence-corrected chi connectivity index (χ0v) is 21.7. The topological polar surface area (TPSA) is 146 Å². The summed E-state index contributed by atoms with van der Waals surface area (Å²) in [6.45, 7) is 6.38. The number of cyclic esters (lactones) is 1. The van der Waals surface area contributed by atoms with Gasteiger partial charge in [0.1, 0.15) is 18.4 Å². The van der Waals surface area contributed by atoms with E-state index < -0.39 is 60.5 Å². The van der Waals surface area contributed by atoms with E-state index in [1.165, 1.54) is 6.92 Å². The highest BCUT2D eigenvalue weighted by atomic mass is 16.7. The summed E-state index contributed by atoms with van der Waals surface area (Å²) in [5.41, 5.74) is 2.46. The molecule has 5 atom stereocenters. The highest BCUT2D eigenvalue weighted by molar-refractivity contribution is 6.00. The normalized spacial score (nSPS) is 24.7. The number of esters is 5. The van der Waals surface area contributed by atoms with E-state index in [0.717, 1.165) is 37.3 Å². The van der Waals surface area contributed by atoms with Gasteiger partial charge in [0.05, 0.1) is 12.1 Å². The second-order valence-electron chi connectivity index (χ2n) is 9.19. The van der Waals surface area contributed by atoms with Crippen molar-refractivity contribution in [3.8, 4) is 0 Å². The van der Waals surface area contributed by atoms with Crippen molar-refractivity contribution in [2.24, 2.45) is 0 Å². The van der Waals surface area contributed by atoms with Crippen LogP contribution < -0.4 is 0 Å². The van der Waals surface area contributed by atoms with Crippen LogP contribution >= 0.6 is 0 Å². The fourth-order valence-electron chi connectivity index (χ4n) is 4.96. The third kappa shape index (κ3) is 5.35. The van der Waals surface area contributed by atoms with Crippen molar-refractivity contribution in [1.29, 1.82) is 0 Å². The van der Waals surface area contributed by atoms with Gasteiger partial charge in [0.2, 0.25) is 0 Å². The molecular formula is C26H29NO11. The van der Waals surface area contributed by atoms with Crippen LogP contribution in [0.15, 0.2) is 18.2 Å². The molecule has 1 aromatic heterocycles. The van der Waals surface area contributed by atoms with Crippen LogP contribution in [0.1, 0.15) is 55.5 Å². The Hall–Kier alpha value is -3.93. The number of benzene rings is 1. The molecule has 2 aliphatic rings. The minimum absolute atomic E-state index is 0.192. The van der Waals surface area contributed by atoms with E-state index in [9.17, 15) is 24.0 Å². The smallest absolute Gasteiger partial charge is 0.355 e. The second kappa shape index (κ2) is 10.8. The molecule has 0 spiro atoms. The molecule has 0 aliphatic carbocycles. The summed E-state index contributed by atoms with van der Waals surface area (Å²) in [5.74, 6) is -3.43. The number of carbonyl (C=O) groups is 5. The van der Waals surface area contributed by atoms with Crippen molar-refractivity contribution in [1.82, 2.24) is 4.57 Å². The zero-order chi connectivity index (χ0) is 27.7. The van der Waals surface area contributed by atoms with Crippen molar-refractivity contribution >= 4 is 40.7 Å². The molecule has 0 N–H and O–H groups in total. The van der Waals surface area contributed by atoms with Gasteiger partial charge in [-0.25, -0.2) is 4.79 Å². The zero-order valence-electron chi connectivity index (χ0n) is 21.7. The molecule has 1 saturated heterocycles. The molecule has 1 aromatic carbocycles. The summed E-state index contributed by atoms with van der Waals surface area (Å²) in [6.07, 6.45) is -5.98. The van der Waals surface area contributed by atoms with Crippen molar-refractivity contribution < 1.29 is 52.4 Å². The number of aryl methyl sites for hydroxylation is 1. The van der Waals surface area contributed by atoms with Crippen LogP contribution in [0.4, 0.5) is 0 Å². The van der Waals surface area contributed by atoms with E-state index in [1.54, 1.807) is 10.6 Å². The number of rotatable bonds is 6. The first-order valence-corrected chi connectivity index (χ1v) is 12.1. The SMILES string of the molecule is CC(=O)OC[C@H]1O[C@@H](n2c3c(c4cc(C)ccc42)CCOC3=O)[C@H](OC(C)=O)[C@@H](OC(C)=O)[C@@H]1OC(C)=O. The number of aromatic nitrogens is 1. The van der Waals surface area contributed by atoms with Crippen LogP contribution in [0.25, 0.3) is 10.9 Å². The lowest BCUT2D eigenvalue weighted by Crippen LogP contribution is -2.60. The summed E-state index contributed by atoms with van der Waals surface area (Å²) in [7, 11) is 0. The lowest BCUT2D eigenvalue weighted by Gasteiger charge is -2.45. The third-order valence-electron chi connectivity index (χ3n) is 6.26. The molecule has 12 nitrogen and oxygen atoms in total. The summed E-state index contributed by atoms with van der Waals surface area (Å²) in [6, 6.07) is 5.57. The predicted octanol–water partition coefficient (Wildman–Crippen LogP) is 1.92. The van der Waals surface area contributed by atoms with Crippen LogP contribution in [0.2, 0.25) is 0 Å². The van der Waals surface area contributed by atoms with E-state index in [0.29, 0.717) is 11.9 Å². The summed E-state index contributed by atoms with van der Waals surface area (Å²) >= 11 is 0. The quantitative estimate of drug-likeness (QED) is 0.398. The molecule has 3 heterocycles. The van der Waals surface area contributed by atoms with Crippen LogP contribution in [0.3, 0.4) is 0 Å². The summed E-state index contributed by atoms with van der Waals surface area (Å²) < 4.78 is 34.9. The van der Waals surface area contributed by atoms with Gasteiger partial charge in [-0.1, -0.05) is 11.6 Å². The lowest BCUT2D eigenvalue weighted by atomic mass is 9.96. The Morgan fingerprint density at radius 3 is 2.18 bits per heavy atom. The Labute approximate surface area is 218 Å². The van der Waals surface area contributed by atoms with Crippen molar-refractivity contribution in [2.75, 3.05) is 13.2 Å². The highest BCUT2D eigenvalue weighted by Gasteiger charge is 2.54. The first kappa shape index (κ1) is 27.1. The fraction of sp³-hybridized carbons (Fsp3) is 0.500. The van der Waals surface area contributed by atoms with Gasteiger partial charge in [-0.15, -0.1) is 0 Å². The fourth-order valence-corrected chi connectivity index (χ4v) is 4.96. The summed E-state index contributed by atoms with van der Waals surface area (Å²) in [4.78, 5) is 61.1. The maximum atomic E-state index is 13.1. The number of ether oxygens (including phenoxy) is 6. The van der Waals surface area contributed by atoms with E-state index in [1.807, 2.05) is 19.1 Å². The average molecular weight is 532 g/mol. The van der Waals surface area contributed by atoms with Crippen molar-refractivity contribution in [2.45, 2.75) is 71.7 Å². The lowest BCUT2D eigenvalue weighted by molar-refractivity contribution is -0.267. The molecular weight excluding hydrogens is 502 g/mol. The molecule has 0 radical (unpaired) electrons. The highest BCUT2D eigenvalue weighted by Crippen LogP contribution is 2.40. The number of hydrogen-bond donors (Lipinski definition) is 0. The number of fused-ring (bicyclic) bond motifs is 3. The van der Waals surface area contributed by atoms with Gasteiger partial charge in [0.25, 0.3) is 0 Å². The average Bonchev–Trinajstić information content (AvgIpc) is 3.14. The Bertz CT molecular complexity index is 1300. The van der Waals surface area contributed by atoms with E-state index in [4.69, 9.17) is 28.4 Å². The molecule has 4 rings (SSSR count). The molecule has 38 heavy (non-hydrogen) atoms. The monoisotopic (exact) mass is 531 g/mol. The van der Waals surface area contributed by atoms with E-state index in [2.05, 4.69) is 0 Å². The Balaban J connectivity index is 1.95. The van der Waals surface area contributed by atoms with Gasteiger partial charge in [-0.3, -0.25) is 19.2 Å². The molecule has 2 aromatic rings. The first-order chi connectivity index (χ1) is 18.0. The molecule has 204 valence electrons. The van der Waals surface area contributed by atoms with E-state index in [-0.39, 0.29) is 18.9 Å². The molecule has 0 unspecified atom stereocenters. The Morgan fingerprint density at radius 2 is 1.55 bits per heavy atom. The number of hydrogen-bond acceptors (Lipinski definition) is 11. The van der Waals surface area contributed by atoms with E-state index >= 15 is 0 Å². The number of carbonyl (C=O) groups excluding carboxylic acids is 5. The minimum Gasteiger partial charge on any atom is -0.463 e. The van der Waals surface area contributed by atoms with Crippen molar-refractivity contribution in [3.05, 3.63) is 35.0 Å². The van der Waals surface area contributed by atoms with Crippen LogP contribution in [0, 0.1) is 6.92 Å². The molecule has 0 amide bonds. The van der Waals surface area contributed by atoms with Crippen molar-refractivity contribution in [3.63, 3.8) is 0 Å². The molecule has 2 aliphatic heterocycles. The molecule has 0 saturated carbocycles. The molecule has 12 heteroatoms. The van der Waals surface area contributed by atoms with Gasteiger partial charge in [0, 0.05) is 39.5 Å². The Kier molecular flexibility index (Phi) is 7.72. The van der Waals surface area contributed by atoms with Gasteiger partial charge in [-0.2, -0.15) is 0 Å². The first-order valence-electron chi connectivity index (χ1n) is 12.1. The summed E-state index contributed by atoms with van der Waals surface area (Å²) in [5, 5.41) is 0.782. The predicted molar refractivity (Wildman–Crippen MR) is 128 cm³/mol. The second-order valence-corrected chi connectivity index (χ2v) is 9.19. The van der Waals surface area contributed by atoms with Gasteiger partial charge >= 0.3 is 29.8 Å². The van der Waals surface area contributed by atoms with Crippen LogP contribution in [-0.4, -0.2) is 72.0 Å². The maximum Gasteiger partial charge on any atom is 0.355 e. The third-order valence-corrected chi connectivity index (χ3v) is 6.26. The molecule has 0 bridgehead atoms.